The second-order valence-electron chi connectivity index (χ2n) is 11.4. The highest BCUT2D eigenvalue weighted by atomic mass is 35.5. The lowest BCUT2D eigenvalue weighted by Crippen LogP contribution is -2.45. The van der Waals surface area contributed by atoms with Gasteiger partial charge in [-0.05, 0) is 35.7 Å². The maximum absolute atomic E-state index is 14.2. The Kier molecular flexibility index (Phi) is 9.93. The van der Waals surface area contributed by atoms with E-state index in [9.17, 15) is 18.8 Å². The number of hydrogen-bond acceptors (Lipinski definition) is 6. The molecular weight excluding hydrogens is 577 g/mol. The van der Waals surface area contributed by atoms with Crippen LogP contribution in [0.1, 0.15) is 50.0 Å². The van der Waals surface area contributed by atoms with E-state index in [1.54, 1.807) is 59.5 Å². The fourth-order valence-corrected chi connectivity index (χ4v) is 5.06. The highest BCUT2D eigenvalue weighted by Gasteiger charge is 2.40. The Morgan fingerprint density at radius 1 is 1.09 bits per heavy atom. The number of methoxy groups -OCH3 is 1. The van der Waals surface area contributed by atoms with E-state index >= 15 is 0 Å². The first-order chi connectivity index (χ1) is 20.4. The Balaban J connectivity index is 1.77. The zero-order valence-corrected chi connectivity index (χ0v) is 25.2. The first-order valence-electron chi connectivity index (χ1n) is 13.7. The summed E-state index contributed by atoms with van der Waals surface area (Å²) in [5.74, 6) is -1.52. The van der Waals surface area contributed by atoms with Crippen LogP contribution in [0.25, 0.3) is 0 Å². The Morgan fingerprint density at radius 3 is 2.51 bits per heavy atom. The third-order valence-electron chi connectivity index (χ3n) is 6.71. The standard InChI is InChI=1S/C32H35ClFN3O6/c1-32(2,3)18-37-24-13-12-20(33)14-22(24)29(21-9-7-11-25(30(21)41-4)42-17-27(35)38)43-26(31(37)40)15-28(39)36-16-19-8-5-6-10-23(19)34/h5-14,26,29H,15-18H2,1-4H3,(H2,35,38)(H,36,39). The summed E-state index contributed by atoms with van der Waals surface area (Å²) in [6.07, 6.45) is -2.48. The molecule has 0 aromatic heterocycles. The minimum absolute atomic E-state index is 0.0511. The SMILES string of the molecule is COc1c(OCC(N)=O)cccc1C1OC(CC(=O)NCc2ccccc2F)C(=O)N(CC(C)(C)C)c2ccc(Cl)cc21. The van der Waals surface area contributed by atoms with Crippen molar-refractivity contribution in [1.29, 1.82) is 0 Å². The molecule has 0 saturated carbocycles. The molecule has 3 amide bonds. The highest BCUT2D eigenvalue weighted by Crippen LogP contribution is 2.45. The number of nitrogens with zero attached hydrogens (tertiary/aromatic N) is 1. The number of para-hydroxylation sites is 1. The zero-order valence-electron chi connectivity index (χ0n) is 24.5. The van der Waals surface area contributed by atoms with Crippen molar-refractivity contribution in [2.75, 3.05) is 25.2 Å². The van der Waals surface area contributed by atoms with Crippen molar-refractivity contribution in [3.05, 3.63) is 88.2 Å². The molecule has 2 atom stereocenters. The Hall–Kier alpha value is -4.15. The van der Waals surface area contributed by atoms with Crippen LogP contribution in [-0.2, 0) is 25.7 Å². The highest BCUT2D eigenvalue weighted by molar-refractivity contribution is 6.30. The summed E-state index contributed by atoms with van der Waals surface area (Å²) in [7, 11) is 1.44. The monoisotopic (exact) mass is 611 g/mol. The van der Waals surface area contributed by atoms with Gasteiger partial charge >= 0.3 is 0 Å². The third kappa shape index (κ3) is 7.82. The quantitative estimate of drug-likeness (QED) is 0.336. The third-order valence-corrected chi connectivity index (χ3v) is 6.94. The number of carbonyl (C=O) groups is 3. The second-order valence-corrected chi connectivity index (χ2v) is 11.8. The first kappa shape index (κ1) is 31.8. The van der Waals surface area contributed by atoms with Crippen LogP contribution in [-0.4, -0.2) is 44.1 Å². The van der Waals surface area contributed by atoms with Gasteiger partial charge in [0.05, 0.1) is 13.5 Å². The van der Waals surface area contributed by atoms with E-state index in [4.69, 9.17) is 31.5 Å². The van der Waals surface area contributed by atoms with Gasteiger partial charge in [-0.25, -0.2) is 4.39 Å². The van der Waals surface area contributed by atoms with Crippen LogP contribution in [0.5, 0.6) is 11.5 Å². The molecule has 3 N–H and O–H groups in total. The number of ether oxygens (including phenoxy) is 3. The van der Waals surface area contributed by atoms with E-state index in [-0.39, 0.29) is 36.5 Å². The minimum atomic E-state index is -1.22. The molecule has 0 aliphatic carbocycles. The number of rotatable bonds is 10. The van der Waals surface area contributed by atoms with E-state index in [2.05, 4.69) is 5.32 Å². The molecule has 0 saturated heterocycles. The predicted molar refractivity (Wildman–Crippen MR) is 161 cm³/mol. The Bertz CT molecular complexity index is 1510. The maximum atomic E-state index is 14.2. The number of nitrogens with two attached hydrogens (primary N) is 1. The normalized spacial score (nSPS) is 16.7. The number of anilines is 1. The lowest BCUT2D eigenvalue weighted by Gasteiger charge is -2.31. The molecule has 228 valence electrons. The summed E-state index contributed by atoms with van der Waals surface area (Å²) in [6, 6.07) is 16.3. The van der Waals surface area contributed by atoms with Crippen LogP contribution in [0.2, 0.25) is 5.02 Å². The van der Waals surface area contributed by atoms with E-state index in [1.165, 1.54) is 13.2 Å². The van der Waals surface area contributed by atoms with Gasteiger partial charge in [0.1, 0.15) is 18.0 Å². The molecule has 4 rings (SSSR count). The average molecular weight is 612 g/mol. The Morgan fingerprint density at radius 2 is 1.84 bits per heavy atom. The zero-order chi connectivity index (χ0) is 31.3. The predicted octanol–water partition coefficient (Wildman–Crippen LogP) is 4.93. The molecule has 11 heteroatoms. The van der Waals surface area contributed by atoms with Gasteiger partial charge in [0, 0.05) is 40.5 Å². The molecule has 2 unspecified atom stereocenters. The largest absolute Gasteiger partial charge is 0.492 e. The molecular formula is C32H35ClFN3O6. The fourth-order valence-electron chi connectivity index (χ4n) is 4.88. The maximum Gasteiger partial charge on any atom is 0.256 e. The number of hydrogen-bond donors (Lipinski definition) is 2. The minimum Gasteiger partial charge on any atom is -0.492 e. The molecule has 0 bridgehead atoms. The molecule has 0 spiro atoms. The van der Waals surface area contributed by atoms with E-state index in [0.717, 1.165) is 0 Å². The number of carbonyl (C=O) groups excluding carboxylic acids is 3. The van der Waals surface area contributed by atoms with Gasteiger partial charge in [-0.15, -0.1) is 0 Å². The van der Waals surface area contributed by atoms with Crippen molar-refractivity contribution in [1.82, 2.24) is 5.32 Å². The summed E-state index contributed by atoms with van der Waals surface area (Å²) in [5, 5.41) is 3.11. The van der Waals surface area contributed by atoms with Gasteiger partial charge < -0.3 is 30.2 Å². The molecule has 1 heterocycles. The first-order valence-corrected chi connectivity index (χ1v) is 14.1. The number of halogens is 2. The van der Waals surface area contributed by atoms with Crippen LogP contribution >= 0.6 is 11.6 Å². The topological polar surface area (TPSA) is 120 Å². The molecule has 1 aliphatic heterocycles. The molecule has 9 nitrogen and oxygen atoms in total. The molecule has 3 aromatic rings. The number of benzene rings is 3. The average Bonchev–Trinajstić information content (AvgIpc) is 3.05. The molecule has 43 heavy (non-hydrogen) atoms. The van der Waals surface area contributed by atoms with Gasteiger partial charge in [0.25, 0.3) is 11.8 Å². The van der Waals surface area contributed by atoms with Crippen molar-refractivity contribution in [2.24, 2.45) is 11.1 Å². The lowest BCUT2D eigenvalue weighted by molar-refractivity contribution is -0.138. The van der Waals surface area contributed by atoms with Gasteiger partial charge in [-0.2, -0.15) is 0 Å². The Labute approximate surface area is 255 Å². The summed E-state index contributed by atoms with van der Waals surface area (Å²) in [6.45, 7) is 5.89. The number of primary amides is 1. The second kappa shape index (κ2) is 13.4. The van der Waals surface area contributed by atoms with E-state index in [0.29, 0.717) is 33.9 Å². The number of amides is 3. The van der Waals surface area contributed by atoms with Crippen LogP contribution in [0.15, 0.2) is 60.7 Å². The summed E-state index contributed by atoms with van der Waals surface area (Å²) >= 11 is 6.46. The van der Waals surface area contributed by atoms with Crippen LogP contribution in [0, 0.1) is 11.2 Å². The van der Waals surface area contributed by atoms with E-state index < -0.39 is 35.7 Å². The van der Waals surface area contributed by atoms with Crippen molar-refractivity contribution in [3.8, 4) is 11.5 Å². The summed E-state index contributed by atoms with van der Waals surface area (Å²) < 4.78 is 31.9. The molecule has 1 aliphatic rings. The van der Waals surface area contributed by atoms with Crippen LogP contribution in [0.3, 0.4) is 0 Å². The molecule has 3 aromatic carbocycles. The summed E-state index contributed by atoms with van der Waals surface area (Å²) in [4.78, 5) is 40.3. The lowest BCUT2D eigenvalue weighted by atomic mass is 9.94. The number of nitrogens with one attached hydrogen (secondary N) is 1. The van der Waals surface area contributed by atoms with E-state index in [1.807, 2.05) is 20.8 Å². The fraction of sp³-hybridized carbons (Fsp3) is 0.344. The van der Waals surface area contributed by atoms with Crippen molar-refractivity contribution in [3.63, 3.8) is 0 Å². The van der Waals surface area contributed by atoms with Gasteiger partial charge in [0.2, 0.25) is 5.91 Å². The molecule has 0 fully saturated rings. The van der Waals surface area contributed by atoms with Crippen molar-refractivity contribution in [2.45, 2.75) is 45.9 Å². The van der Waals surface area contributed by atoms with Crippen molar-refractivity contribution >= 4 is 35.0 Å². The van der Waals surface area contributed by atoms with Gasteiger partial charge in [-0.3, -0.25) is 14.4 Å². The van der Waals surface area contributed by atoms with Crippen molar-refractivity contribution < 1.29 is 33.0 Å². The van der Waals surface area contributed by atoms with Gasteiger partial charge in [0.15, 0.2) is 18.1 Å². The molecule has 0 radical (unpaired) electrons. The summed E-state index contributed by atoms with van der Waals surface area (Å²) in [5.41, 5.74) is 6.90. The van der Waals surface area contributed by atoms with Gasteiger partial charge in [-0.1, -0.05) is 62.7 Å². The number of fused-ring (bicyclic) bond motifs is 1. The smallest absolute Gasteiger partial charge is 0.256 e. The van der Waals surface area contributed by atoms with Crippen LogP contribution in [0.4, 0.5) is 10.1 Å². The van der Waals surface area contributed by atoms with Crippen LogP contribution < -0.4 is 25.4 Å².